The lowest BCUT2D eigenvalue weighted by Gasteiger charge is -2.35. The summed E-state index contributed by atoms with van der Waals surface area (Å²) >= 11 is 6.05. The Hall–Kier alpha value is -1.73. The van der Waals surface area contributed by atoms with Crippen molar-refractivity contribution >= 4 is 23.2 Å². The van der Waals surface area contributed by atoms with Crippen LogP contribution in [0.1, 0.15) is 38.2 Å². The smallest absolute Gasteiger partial charge is 0.220 e. The van der Waals surface area contributed by atoms with E-state index in [1.807, 2.05) is 13.0 Å². The summed E-state index contributed by atoms with van der Waals surface area (Å²) in [6.07, 6.45) is 3.40. The molecule has 1 atom stereocenters. The van der Waals surface area contributed by atoms with Gasteiger partial charge in [-0.2, -0.15) is 5.26 Å². The van der Waals surface area contributed by atoms with Crippen LogP contribution in [-0.2, 0) is 4.79 Å². The molecule has 1 unspecified atom stereocenters. The molecule has 1 aromatic carbocycles. The Morgan fingerprint density at radius 2 is 2.38 bits per heavy atom. The third-order valence-electron chi connectivity index (χ3n) is 3.68. The molecule has 0 spiro atoms. The average Bonchev–Trinajstić information content (AvgIpc) is 2.47. The molecule has 112 valence electrons. The van der Waals surface area contributed by atoms with E-state index in [1.165, 1.54) is 0 Å². The number of hydrogen-bond acceptors (Lipinski definition) is 3. The summed E-state index contributed by atoms with van der Waals surface area (Å²) in [5.41, 5.74) is 1.49. The molecule has 0 radical (unpaired) electrons. The maximum Gasteiger partial charge on any atom is 0.220 e. The van der Waals surface area contributed by atoms with Crippen molar-refractivity contribution in [3.8, 4) is 6.07 Å². The number of piperidine rings is 1. The van der Waals surface area contributed by atoms with Gasteiger partial charge in [-0.05, 0) is 37.5 Å². The highest BCUT2D eigenvalue weighted by Crippen LogP contribution is 2.27. The second kappa shape index (κ2) is 7.33. The van der Waals surface area contributed by atoms with E-state index >= 15 is 0 Å². The van der Waals surface area contributed by atoms with Gasteiger partial charge >= 0.3 is 0 Å². The van der Waals surface area contributed by atoms with Gasteiger partial charge in [-0.15, -0.1) is 0 Å². The Bertz CT molecular complexity index is 553. The van der Waals surface area contributed by atoms with Crippen molar-refractivity contribution in [3.05, 3.63) is 28.8 Å². The first-order valence-electron chi connectivity index (χ1n) is 7.38. The van der Waals surface area contributed by atoms with Gasteiger partial charge in [0.15, 0.2) is 0 Å². The second-order valence-corrected chi connectivity index (χ2v) is 5.81. The molecule has 1 amide bonds. The molecular weight excluding hydrogens is 286 g/mol. The maximum absolute atomic E-state index is 11.7. The molecule has 1 aliphatic heterocycles. The van der Waals surface area contributed by atoms with E-state index in [2.05, 4.69) is 16.3 Å². The molecule has 0 aliphatic carbocycles. The van der Waals surface area contributed by atoms with Gasteiger partial charge < -0.3 is 10.2 Å². The minimum atomic E-state index is 0.107. The molecule has 1 heterocycles. The lowest BCUT2D eigenvalue weighted by Crippen LogP contribution is -2.48. The van der Waals surface area contributed by atoms with Crippen molar-refractivity contribution in [2.24, 2.45) is 0 Å². The van der Waals surface area contributed by atoms with E-state index < -0.39 is 0 Å². The first-order chi connectivity index (χ1) is 10.1. The molecule has 1 saturated heterocycles. The molecule has 1 aromatic rings. The predicted octanol–water partition coefficient (Wildman–Crippen LogP) is 3.10. The minimum Gasteiger partial charge on any atom is -0.368 e. The number of halogens is 1. The number of nitrogens with one attached hydrogen (secondary N) is 1. The van der Waals surface area contributed by atoms with Gasteiger partial charge in [-0.1, -0.05) is 18.5 Å². The van der Waals surface area contributed by atoms with Crippen molar-refractivity contribution in [3.63, 3.8) is 0 Å². The van der Waals surface area contributed by atoms with Crippen molar-refractivity contribution in [1.82, 2.24) is 5.32 Å². The predicted molar refractivity (Wildman–Crippen MR) is 84.5 cm³/mol. The SMILES string of the molecule is CCCC(=O)NC1CCCN(c2cc(Cl)ccc2C#N)C1. The third-order valence-corrected chi connectivity index (χ3v) is 3.92. The van der Waals surface area contributed by atoms with Crippen LogP contribution in [0, 0.1) is 11.3 Å². The van der Waals surface area contributed by atoms with Gasteiger partial charge in [0.25, 0.3) is 0 Å². The summed E-state index contributed by atoms with van der Waals surface area (Å²) in [5.74, 6) is 0.107. The van der Waals surface area contributed by atoms with Crippen LogP contribution in [0.3, 0.4) is 0 Å². The lowest BCUT2D eigenvalue weighted by atomic mass is 10.0. The van der Waals surface area contributed by atoms with Crippen LogP contribution in [0.25, 0.3) is 0 Å². The van der Waals surface area contributed by atoms with Gasteiger partial charge in [-0.3, -0.25) is 4.79 Å². The van der Waals surface area contributed by atoms with Crippen LogP contribution < -0.4 is 10.2 Å². The summed E-state index contributed by atoms with van der Waals surface area (Å²) in [7, 11) is 0. The van der Waals surface area contributed by atoms with Crippen molar-refractivity contribution in [2.75, 3.05) is 18.0 Å². The number of benzene rings is 1. The Labute approximate surface area is 130 Å². The number of nitrogens with zero attached hydrogens (tertiary/aromatic N) is 2. The summed E-state index contributed by atoms with van der Waals surface area (Å²) in [6.45, 7) is 3.61. The van der Waals surface area contributed by atoms with Crippen LogP contribution in [0.15, 0.2) is 18.2 Å². The first kappa shape index (κ1) is 15.7. The fraction of sp³-hybridized carbons (Fsp3) is 0.500. The second-order valence-electron chi connectivity index (χ2n) is 5.38. The van der Waals surface area contributed by atoms with Crippen LogP contribution in [0.4, 0.5) is 5.69 Å². The van der Waals surface area contributed by atoms with Crippen molar-refractivity contribution in [2.45, 2.75) is 38.6 Å². The van der Waals surface area contributed by atoms with Gasteiger partial charge in [0.05, 0.1) is 11.3 Å². The summed E-state index contributed by atoms with van der Waals surface area (Å²) in [6, 6.07) is 7.66. The Morgan fingerprint density at radius 1 is 1.57 bits per heavy atom. The van der Waals surface area contributed by atoms with E-state index in [0.29, 0.717) is 17.0 Å². The largest absolute Gasteiger partial charge is 0.368 e. The Kier molecular flexibility index (Phi) is 5.46. The van der Waals surface area contributed by atoms with Gasteiger partial charge in [0, 0.05) is 30.6 Å². The number of hydrogen-bond donors (Lipinski definition) is 1. The molecule has 2 rings (SSSR count). The average molecular weight is 306 g/mol. The highest BCUT2D eigenvalue weighted by atomic mass is 35.5. The molecule has 0 saturated carbocycles. The van der Waals surface area contributed by atoms with E-state index in [1.54, 1.807) is 12.1 Å². The minimum absolute atomic E-state index is 0.107. The Balaban J connectivity index is 2.09. The number of amides is 1. The monoisotopic (exact) mass is 305 g/mol. The summed E-state index contributed by atoms with van der Waals surface area (Å²) in [4.78, 5) is 13.9. The van der Waals surface area contributed by atoms with Crippen LogP contribution in [0.5, 0.6) is 0 Å². The van der Waals surface area contributed by atoms with Gasteiger partial charge in [0.2, 0.25) is 5.91 Å². The highest BCUT2D eigenvalue weighted by Gasteiger charge is 2.23. The molecule has 1 aliphatic rings. The van der Waals surface area contributed by atoms with E-state index in [-0.39, 0.29) is 11.9 Å². The van der Waals surface area contributed by atoms with E-state index in [0.717, 1.165) is 38.0 Å². The van der Waals surface area contributed by atoms with Gasteiger partial charge in [-0.25, -0.2) is 0 Å². The third kappa shape index (κ3) is 4.12. The van der Waals surface area contributed by atoms with Gasteiger partial charge in [0.1, 0.15) is 6.07 Å². The quantitative estimate of drug-likeness (QED) is 0.930. The zero-order valence-corrected chi connectivity index (χ0v) is 13.0. The maximum atomic E-state index is 11.7. The topological polar surface area (TPSA) is 56.1 Å². The number of carbonyl (C=O) groups is 1. The highest BCUT2D eigenvalue weighted by molar-refractivity contribution is 6.30. The number of nitriles is 1. The summed E-state index contributed by atoms with van der Waals surface area (Å²) < 4.78 is 0. The normalized spacial score (nSPS) is 18.1. The number of anilines is 1. The van der Waals surface area contributed by atoms with Crippen LogP contribution >= 0.6 is 11.6 Å². The van der Waals surface area contributed by atoms with Crippen LogP contribution in [-0.4, -0.2) is 25.0 Å². The van der Waals surface area contributed by atoms with Crippen molar-refractivity contribution in [1.29, 1.82) is 5.26 Å². The Morgan fingerprint density at radius 3 is 3.10 bits per heavy atom. The first-order valence-corrected chi connectivity index (χ1v) is 7.75. The molecule has 0 bridgehead atoms. The lowest BCUT2D eigenvalue weighted by molar-refractivity contribution is -0.121. The number of rotatable bonds is 4. The molecule has 4 nitrogen and oxygen atoms in total. The molecule has 1 fully saturated rings. The zero-order chi connectivity index (χ0) is 15.2. The number of carbonyl (C=O) groups excluding carboxylic acids is 1. The van der Waals surface area contributed by atoms with Crippen molar-refractivity contribution < 1.29 is 4.79 Å². The molecule has 0 aromatic heterocycles. The fourth-order valence-electron chi connectivity index (χ4n) is 2.70. The van der Waals surface area contributed by atoms with E-state index in [9.17, 15) is 10.1 Å². The fourth-order valence-corrected chi connectivity index (χ4v) is 2.87. The molecule has 21 heavy (non-hydrogen) atoms. The zero-order valence-electron chi connectivity index (χ0n) is 12.2. The molecule has 1 N–H and O–H groups in total. The summed E-state index contributed by atoms with van der Waals surface area (Å²) in [5, 5.41) is 12.9. The standard InChI is InChI=1S/C16H20ClN3O/c1-2-4-16(21)19-14-5-3-8-20(11-14)15-9-13(17)7-6-12(15)10-18/h6-7,9,14H,2-5,8,11H2,1H3,(H,19,21). The molecular formula is C16H20ClN3O. The molecule has 5 heteroatoms. The van der Waals surface area contributed by atoms with Crippen LogP contribution in [0.2, 0.25) is 5.02 Å². The van der Waals surface area contributed by atoms with E-state index in [4.69, 9.17) is 11.6 Å².